The first-order valence-corrected chi connectivity index (χ1v) is 11.3. The van der Waals surface area contributed by atoms with Gasteiger partial charge in [0.1, 0.15) is 11.3 Å². The van der Waals surface area contributed by atoms with Crippen LogP contribution in [0.2, 0.25) is 0 Å². The normalized spacial score (nSPS) is 16.0. The second kappa shape index (κ2) is 8.44. The molecule has 1 aliphatic heterocycles. The molecule has 3 heterocycles. The standard InChI is InChI=1S/C24H24N2O5S/c1-14-9-10-17(28-2)20-22(14)32-24(25-20)26(13-16-7-5-11-30-16)23(27)19-12-15-6-4-8-18(29-3)21(15)31-19/h4,6,8-10,12,16H,5,7,11,13H2,1-3H3. The fourth-order valence-electron chi connectivity index (χ4n) is 4.05. The van der Waals surface area contributed by atoms with Crippen LogP contribution >= 0.6 is 11.3 Å². The molecule has 1 unspecified atom stereocenters. The average Bonchev–Trinajstić information content (AvgIpc) is 3.56. The summed E-state index contributed by atoms with van der Waals surface area (Å²) in [6, 6.07) is 11.2. The van der Waals surface area contributed by atoms with Crippen LogP contribution in [0.25, 0.3) is 21.2 Å². The van der Waals surface area contributed by atoms with Crippen molar-refractivity contribution in [1.29, 1.82) is 0 Å². The zero-order chi connectivity index (χ0) is 22.2. The van der Waals surface area contributed by atoms with Gasteiger partial charge in [-0.25, -0.2) is 4.98 Å². The van der Waals surface area contributed by atoms with Crippen molar-refractivity contribution in [1.82, 2.24) is 4.98 Å². The molecule has 0 saturated carbocycles. The van der Waals surface area contributed by atoms with Gasteiger partial charge < -0.3 is 18.6 Å². The number of hydrogen-bond donors (Lipinski definition) is 0. The van der Waals surface area contributed by atoms with Gasteiger partial charge in [-0.3, -0.25) is 9.69 Å². The molecule has 1 atom stereocenters. The van der Waals surface area contributed by atoms with Crippen molar-refractivity contribution in [2.24, 2.45) is 0 Å². The predicted molar refractivity (Wildman–Crippen MR) is 124 cm³/mol. The summed E-state index contributed by atoms with van der Waals surface area (Å²) in [6.07, 6.45) is 1.86. The fourth-order valence-corrected chi connectivity index (χ4v) is 5.11. The molecule has 8 heteroatoms. The van der Waals surface area contributed by atoms with Crippen LogP contribution in [0.1, 0.15) is 29.0 Å². The molecule has 0 aliphatic carbocycles. The Morgan fingerprint density at radius 1 is 1.22 bits per heavy atom. The van der Waals surface area contributed by atoms with Crippen LogP contribution in [0, 0.1) is 6.92 Å². The zero-order valence-corrected chi connectivity index (χ0v) is 19.0. The van der Waals surface area contributed by atoms with Gasteiger partial charge in [0.2, 0.25) is 0 Å². The molecule has 1 aliphatic rings. The van der Waals surface area contributed by atoms with Crippen molar-refractivity contribution >= 4 is 43.6 Å². The van der Waals surface area contributed by atoms with Gasteiger partial charge in [-0.1, -0.05) is 29.5 Å². The fraction of sp³-hybridized carbons (Fsp3) is 0.333. The van der Waals surface area contributed by atoms with E-state index in [-0.39, 0.29) is 17.8 Å². The summed E-state index contributed by atoms with van der Waals surface area (Å²) in [7, 11) is 3.21. The van der Waals surface area contributed by atoms with E-state index in [1.54, 1.807) is 25.2 Å². The lowest BCUT2D eigenvalue weighted by atomic mass is 10.2. The first kappa shape index (κ1) is 20.8. The topological polar surface area (TPSA) is 74.0 Å². The number of thiazole rings is 1. The highest BCUT2D eigenvalue weighted by Gasteiger charge is 2.30. The highest BCUT2D eigenvalue weighted by atomic mass is 32.1. The van der Waals surface area contributed by atoms with Gasteiger partial charge in [0.15, 0.2) is 22.2 Å². The number of hydrogen-bond acceptors (Lipinski definition) is 7. The quantitative estimate of drug-likeness (QED) is 0.401. The first-order chi connectivity index (χ1) is 15.6. The summed E-state index contributed by atoms with van der Waals surface area (Å²) in [4.78, 5) is 20.2. The number of carbonyl (C=O) groups excluding carboxylic acids is 1. The van der Waals surface area contributed by atoms with E-state index in [4.69, 9.17) is 23.6 Å². The smallest absolute Gasteiger partial charge is 0.295 e. The lowest BCUT2D eigenvalue weighted by Gasteiger charge is -2.22. The van der Waals surface area contributed by atoms with E-state index in [9.17, 15) is 4.79 Å². The van der Waals surface area contributed by atoms with E-state index in [2.05, 4.69) is 0 Å². The minimum absolute atomic E-state index is 0.0344. The van der Waals surface area contributed by atoms with Crippen LogP contribution in [0.3, 0.4) is 0 Å². The Hall–Kier alpha value is -3.10. The number of amides is 1. The van der Waals surface area contributed by atoms with Crippen LogP contribution in [-0.4, -0.2) is 44.4 Å². The number of benzene rings is 2. The zero-order valence-electron chi connectivity index (χ0n) is 18.2. The number of carbonyl (C=O) groups is 1. The van der Waals surface area contributed by atoms with E-state index in [1.165, 1.54) is 11.3 Å². The monoisotopic (exact) mass is 452 g/mol. The van der Waals surface area contributed by atoms with Crippen molar-refractivity contribution in [3.8, 4) is 11.5 Å². The maximum absolute atomic E-state index is 13.7. The molecule has 5 rings (SSSR count). The number of rotatable bonds is 6. The highest BCUT2D eigenvalue weighted by molar-refractivity contribution is 7.22. The first-order valence-electron chi connectivity index (χ1n) is 10.5. The number of ether oxygens (including phenoxy) is 3. The van der Waals surface area contributed by atoms with Gasteiger partial charge >= 0.3 is 0 Å². The van der Waals surface area contributed by atoms with E-state index in [0.29, 0.717) is 35.4 Å². The van der Waals surface area contributed by atoms with E-state index in [1.807, 2.05) is 37.3 Å². The maximum atomic E-state index is 13.7. The molecule has 2 aromatic carbocycles. The Morgan fingerprint density at radius 2 is 2.06 bits per heavy atom. The van der Waals surface area contributed by atoms with Gasteiger partial charge in [-0.05, 0) is 43.5 Å². The van der Waals surface area contributed by atoms with E-state index < -0.39 is 0 Å². The third-order valence-electron chi connectivity index (χ3n) is 5.74. The van der Waals surface area contributed by atoms with Gasteiger partial charge in [0.25, 0.3) is 5.91 Å². The maximum Gasteiger partial charge on any atom is 0.295 e. The molecule has 166 valence electrons. The Morgan fingerprint density at radius 3 is 2.81 bits per heavy atom. The molecule has 2 aromatic heterocycles. The number of nitrogens with zero attached hydrogens (tertiary/aromatic N) is 2. The lowest BCUT2D eigenvalue weighted by molar-refractivity contribution is 0.0896. The predicted octanol–water partition coefficient (Wildman–Crippen LogP) is 5.19. The number of fused-ring (bicyclic) bond motifs is 2. The molecule has 7 nitrogen and oxygen atoms in total. The summed E-state index contributed by atoms with van der Waals surface area (Å²) < 4.78 is 23.7. The summed E-state index contributed by atoms with van der Waals surface area (Å²) in [5.74, 6) is 1.26. The summed E-state index contributed by atoms with van der Waals surface area (Å²) >= 11 is 1.47. The molecule has 0 radical (unpaired) electrons. The molecule has 1 fully saturated rings. The number of aromatic nitrogens is 1. The Labute approximate surface area is 189 Å². The number of furan rings is 1. The molecule has 1 saturated heterocycles. The molecule has 0 N–H and O–H groups in total. The second-order valence-electron chi connectivity index (χ2n) is 7.80. The number of methoxy groups -OCH3 is 2. The molecular formula is C24H24N2O5S. The number of anilines is 1. The molecule has 4 aromatic rings. The summed E-state index contributed by atoms with van der Waals surface area (Å²) in [6.45, 7) is 3.15. The van der Waals surface area contributed by atoms with Gasteiger partial charge in [-0.2, -0.15) is 0 Å². The molecule has 1 amide bonds. The lowest BCUT2D eigenvalue weighted by Crippen LogP contribution is -2.37. The number of para-hydroxylation sites is 1. The third-order valence-corrected chi connectivity index (χ3v) is 6.95. The Kier molecular flexibility index (Phi) is 5.48. The van der Waals surface area contributed by atoms with Crippen molar-refractivity contribution in [2.75, 3.05) is 32.3 Å². The highest BCUT2D eigenvalue weighted by Crippen LogP contribution is 2.38. The van der Waals surface area contributed by atoms with Crippen molar-refractivity contribution in [3.63, 3.8) is 0 Å². The van der Waals surface area contributed by atoms with Crippen LogP contribution in [0.5, 0.6) is 11.5 Å². The van der Waals surface area contributed by atoms with Crippen molar-refractivity contribution in [2.45, 2.75) is 25.9 Å². The van der Waals surface area contributed by atoms with Crippen LogP contribution < -0.4 is 14.4 Å². The minimum atomic E-state index is -0.255. The minimum Gasteiger partial charge on any atom is -0.494 e. The van der Waals surface area contributed by atoms with Crippen LogP contribution in [-0.2, 0) is 4.74 Å². The molecule has 0 spiro atoms. The van der Waals surface area contributed by atoms with Gasteiger partial charge in [-0.15, -0.1) is 0 Å². The third kappa shape index (κ3) is 3.59. The van der Waals surface area contributed by atoms with Crippen molar-refractivity contribution in [3.05, 3.63) is 47.7 Å². The van der Waals surface area contributed by atoms with Gasteiger partial charge in [0, 0.05) is 12.0 Å². The van der Waals surface area contributed by atoms with Crippen LogP contribution in [0.4, 0.5) is 5.13 Å². The molecule has 0 bridgehead atoms. The molecular weight excluding hydrogens is 428 g/mol. The van der Waals surface area contributed by atoms with Crippen molar-refractivity contribution < 1.29 is 23.4 Å². The summed E-state index contributed by atoms with van der Waals surface area (Å²) in [5.41, 5.74) is 2.39. The Balaban J connectivity index is 1.59. The summed E-state index contributed by atoms with van der Waals surface area (Å²) in [5, 5.41) is 1.41. The van der Waals surface area contributed by atoms with Gasteiger partial charge in [0.05, 0.1) is 31.6 Å². The SMILES string of the molecule is COc1ccc(C)c2sc(N(CC3CCCO3)C(=O)c3cc4cccc(OC)c4o3)nc12. The number of aryl methyl sites for hydroxylation is 1. The Bertz CT molecular complexity index is 1290. The largest absolute Gasteiger partial charge is 0.494 e. The average molecular weight is 453 g/mol. The van der Waals surface area contributed by atoms with Crippen LogP contribution in [0.15, 0.2) is 40.8 Å². The van der Waals surface area contributed by atoms with E-state index >= 15 is 0 Å². The second-order valence-corrected chi connectivity index (χ2v) is 8.78. The molecule has 32 heavy (non-hydrogen) atoms. The van der Waals surface area contributed by atoms with E-state index in [0.717, 1.165) is 34.0 Å².